The molecule has 46 heavy (non-hydrogen) atoms. The molecule has 0 aromatic heterocycles. The Morgan fingerprint density at radius 2 is 1.00 bits per heavy atom. The van der Waals surface area contributed by atoms with Crippen molar-refractivity contribution in [1.82, 2.24) is 0 Å². The van der Waals surface area contributed by atoms with Gasteiger partial charge in [0.2, 0.25) is 0 Å². The summed E-state index contributed by atoms with van der Waals surface area (Å²) >= 11 is 0. The molecule has 4 aromatic carbocycles. The van der Waals surface area contributed by atoms with Gasteiger partial charge in [0.25, 0.3) is 0 Å². The van der Waals surface area contributed by atoms with E-state index in [9.17, 15) is 35.4 Å². The van der Waals surface area contributed by atoms with Gasteiger partial charge in [-0.2, -0.15) is 0 Å². The topological polar surface area (TPSA) is 99.3 Å². The van der Waals surface area contributed by atoms with Gasteiger partial charge in [0, 0.05) is 32.9 Å². The number of rotatable bonds is 8. The molecule has 5 nitrogen and oxygen atoms in total. The molecule has 14 heteroatoms. The fourth-order valence-corrected chi connectivity index (χ4v) is 6.02. The molecule has 253 valence electrons. The number of benzene rings is 4. The molecule has 0 aliphatic carbocycles. The van der Waals surface area contributed by atoms with Gasteiger partial charge in [0.05, 0.1) is 36.8 Å². The van der Waals surface area contributed by atoms with E-state index in [0.717, 1.165) is 0 Å². The van der Waals surface area contributed by atoms with Crippen LogP contribution in [0.2, 0.25) is 0 Å². The normalized spacial score (nSPS) is 12.8. The Labute approximate surface area is 280 Å². The molecule has 1 radical (unpaired) electrons. The summed E-state index contributed by atoms with van der Waals surface area (Å²) in [5.41, 5.74) is 0.674. The van der Waals surface area contributed by atoms with Gasteiger partial charge in [-0.1, -0.05) is 84.9 Å². The second-order valence-corrected chi connectivity index (χ2v) is 14.9. The van der Waals surface area contributed by atoms with Crippen molar-refractivity contribution in [2.24, 2.45) is 9.98 Å². The molecule has 0 fully saturated rings. The smallest absolute Gasteiger partial charge is 0 e. The summed E-state index contributed by atoms with van der Waals surface area (Å²) in [4.78, 5) is 8.72. The molecule has 0 spiro atoms. The number of hydrogen-bond acceptors (Lipinski definition) is 4. The Hall–Kier alpha value is -3.12. The van der Waals surface area contributed by atoms with Crippen LogP contribution in [0.4, 0.5) is 25.2 Å². The SMILES string of the molecule is CC(C)(CN=Cc1ccccc1[O-])N=Cc1ccccc1[O-].CC[PH+](c1ccccc1)c1ccccc1.F[P-](F)(F)(F)(F)F.[O-2].[Re]. The summed E-state index contributed by atoms with van der Waals surface area (Å²) in [6.07, 6.45) is 4.40. The molecule has 0 saturated heterocycles. The Bertz CT molecular complexity index is 1480. The van der Waals surface area contributed by atoms with Crippen molar-refractivity contribution in [3.8, 4) is 11.5 Å². The zero-order valence-corrected chi connectivity index (χ0v) is 29.8. The van der Waals surface area contributed by atoms with Crippen molar-refractivity contribution < 1.29 is 61.3 Å². The monoisotopic (exact) mass is 857 g/mol. The van der Waals surface area contributed by atoms with E-state index < -0.39 is 21.3 Å². The molecule has 0 N–H and O–H groups in total. The van der Waals surface area contributed by atoms with E-state index in [1.165, 1.54) is 28.9 Å². The number of nitrogens with zero attached hydrogens (tertiary/aromatic N) is 2. The van der Waals surface area contributed by atoms with E-state index >= 15 is 0 Å². The molecular formula is C32H34F6N2O3P2Re-4. The largest absolute Gasteiger partial charge is 2.00 e. The van der Waals surface area contributed by atoms with Crippen LogP contribution in [-0.4, -0.2) is 30.7 Å². The Morgan fingerprint density at radius 1 is 0.652 bits per heavy atom. The first-order chi connectivity index (χ1) is 20.3. The summed E-state index contributed by atoms with van der Waals surface area (Å²) < 4.78 is 59.2. The molecule has 0 bridgehead atoms. The minimum Gasteiger partial charge on any atom is -2.00 e. The molecule has 0 atom stereocenters. The maximum Gasteiger partial charge on any atom is 0 e. The van der Waals surface area contributed by atoms with Gasteiger partial charge < -0.3 is 15.7 Å². The quantitative estimate of drug-likeness (QED) is 0.101. The molecule has 0 aliphatic heterocycles. The maximum absolute atomic E-state index is 11.6. The second-order valence-electron chi connectivity index (χ2n) is 10.1. The van der Waals surface area contributed by atoms with Crippen LogP contribution in [0.5, 0.6) is 11.5 Å². The molecule has 0 amide bonds. The number of hydrogen-bond donors (Lipinski definition) is 0. The van der Waals surface area contributed by atoms with Crippen LogP contribution in [0.3, 0.4) is 0 Å². The second kappa shape index (κ2) is 17.7. The van der Waals surface area contributed by atoms with Gasteiger partial charge in [0.15, 0.2) is 0 Å². The van der Waals surface area contributed by atoms with Gasteiger partial charge >= 0.3 is 33.0 Å². The van der Waals surface area contributed by atoms with E-state index in [2.05, 4.69) is 77.6 Å². The van der Waals surface area contributed by atoms with Gasteiger partial charge in [-0.3, -0.25) is 9.98 Å². The zero-order chi connectivity index (χ0) is 32.9. The maximum atomic E-state index is 11.6. The third-order valence-corrected chi connectivity index (χ3v) is 8.47. The van der Waals surface area contributed by atoms with E-state index in [1.807, 2.05) is 13.8 Å². The average molecular weight is 857 g/mol. The van der Waals surface area contributed by atoms with Crippen molar-refractivity contribution in [3.05, 3.63) is 120 Å². The van der Waals surface area contributed by atoms with Crippen LogP contribution >= 0.6 is 15.7 Å². The standard InChI is InChI=1S/C18H20N2O2.C14H15P.F6P.O.Re/c1-18(2,20-12-15-8-4-6-10-17(15)22)13-19-11-14-7-3-5-9-16(14)21;1-2-15(13-9-5-3-6-10-13)14-11-7-4-8-12-14;1-7(2,3,4,5)6;;/h3-12,21-22H,13H2,1-2H3;3-12H,2H2,1H3;;;/q;;-1;-2;/p-1. The summed E-state index contributed by atoms with van der Waals surface area (Å²) in [7, 11) is -11.2. The Morgan fingerprint density at radius 3 is 1.37 bits per heavy atom. The predicted octanol–water partition coefficient (Wildman–Crippen LogP) is 8.28. The van der Waals surface area contributed by atoms with Crippen molar-refractivity contribution in [3.63, 3.8) is 0 Å². The third-order valence-electron chi connectivity index (χ3n) is 5.70. The van der Waals surface area contributed by atoms with E-state index in [4.69, 9.17) is 0 Å². The minimum atomic E-state index is -10.7. The van der Waals surface area contributed by atoms with Crippen LogP contribution in [0.25, 0.3) is 0 Å². The van der Waals surface area contributed by atoms with E-state index in [0.29, 0.717) is 17.7 Å². The van der Waals surface area contributed by atoms with Gasteiger partial charge in [-0.25, -0.2) is 0 Å². The zero-order valence-electron chi connectivity index (χ0n) is 25.2. The third kappa shape index (κ3) is 19.4. The molecule has 4 rings (SSSR count). The fraction of sp³-hybridized carbons (Fsp3) is 0.188. The van der Waals surface area contributed by atoms with Crippen LogP contribution in [0.15, 0.2) is 119 Å². The van der Waals surface area contributed by atoms with Crippen LogP contribution in [-0.2, 0) is 25.9 Å². The first kappa shape index (κ1) is 42.9. The molecule has 0 unspecified atom stereocenters. The van der Waals surface area contributed by atoms with Crippen molar-refractivity contribution in [1.29, 1.82) is 0 Å². The number of halogens is 6. The predicted molar refractivity (Wildman–Crippen MR) is 171 cm³/mol. The Balaban J connectivity index is 0.000000733. The average Bonchev–Trinajstić information content (AvgIpc) is 2.94. The van der Waals surface area contributed by atoms with Crippen molar-refractivity contribution in [2.45, 2.75) is 26.3 Å². The number of aliphatic imine (C=N–C) groups is 2. The van der Waals surface area contributed by atoms with Crippen LogP contribution in [0, 0.1) is 0 Å². The van der Waals surface area contributed by atoms with Gasteiger partial charge in [0.1, 0.15) is 0 Å². The molecule has 4 aromatic rings. The molecule has 0 heterocycles. The van der Waals surface area contributed by atoms with E-state index in [-0.39, 0.29) is 37.4 Å². The van der Waals surface area contributed by atoms with Gasteiger partial charge in [-0.15, -0.1) is 11.5 Å². The first-order valence-corrected chi connectivity index (χ1v) is 17.2. The minimum absolute atomic E-state index is 0. The number of para-hydroxylation sites is 2. The van der Waals surface area contributed by atoms with Gasteiger partial charge in [-0.05, 0) is 56.2 Å². The molecular weight excluding hydrogens is 823 g/mol. The van der Waals surface area contributed by atoms with Crippen molar-refractivity contribution in [2.75, 3.05) is 12.7 Å². The summed E-state index contributed by atoms with van der Waals surface area (Å²) in [6, 6.07) is 35.2. The molecule has 0 saturated carbocycles. The molecule has 0 aliphatic rings. The Kier molecular flexibility index (Phi) is 16.5. The first-order valence-electron chi connectivity index (χ1n) is 13.4. The summed E-state index contributed by atoms with van der Waals surface area (Å²) in [5, 5.41) is 26.2. The summed E-state index contributed by atoms with van der Waals surface area (Å²) in [6.45, 7) is 6.57. The van der Waals surface area contributed by atoms with Crippen molar-refractivity contribution >= 4 is 38.8 Å². The fourth-order valence-electron chi connectivity index (χ4n) is 3.68. The summed E-state index contributed by atoms with van der Waals surface area (Å²) in [5.74, 6) is -0.0985. The van der Waals surface area contributed by atoms with Crippen LogP contribution in [0.1, 0.15) is 31.9 Å². The van der Waals surface area contributed by atoms with E-state index in [1.54, 1.807) is 48.8 Å². The van der Waals surface area contributed by atoms with Crippen LogP contribution < -0.4 is 20.8 Å².